The van der Waals surface area contributed by atoms with Crippen LogP contribution < -0.4 is 9.80 Å². The number of quaternary nitrogens is 1. The SMILES string of the molecule is C[C@H]1CCc2c(sc3ncnc(N4CC[NH+](Cc5ccccc5)CC4)c23)C1. The number of hydrogen-bond donors (Lipinski definition) is 1. The fraction of sp³-hybridized carbons (Fsp3) is 0.455. The van der Waals surface area contributed by atoms with Gasteiger partial charge in [0.2, 0.25) is 0 Å². The average molecular weight is 380 g/mol. The molecule has 1 saturated heterocycles. The zero-order chi connectivity index (χ0) is 18.2. The number of aromatic nitrogens is 2. The van der Waals surface area contributed by atoms with Gasteiger partial charge in [-0.15, -0.1) is 11.3 Å². The summed E-state index contributed by atoms with van der Waals surface area (Å²) in [6, 6.07) is 10.9. The van der Waals surface area contributed by atoms with Crippen LogP contribution in [0.25, 0.3) is 10.2 Å². The number of thiophene rings is 1. The largest absolute Gasteiger partial charge is 0.345 e. The average Bonchev–Trinajstić information content (AvgIpc) is 3.07. The molecule has 2 aliphatic rings. The third kappa shape index (κ3) is 3.34. The van der Waals surface area contributed by atoms with E-state index in [4.69, 9.17) is 4.98 Å². The topological polar surface area (TPSA) is 33.5 Å². The molecular formula is C22H27N4S+. The first-order chi connectivity index (χ1) is 13.3. The second-order valence-electron chi connectivity index (χ2n) is 8.13. The van der Waals surface area contributed by atoms with E-state index < -0.39 is 0 Å². The van der Waals surface area contributed by atoms with Crippen molar-refractivity contribution < 1.29 is 4.90 Å². The lowest BCUT2D eigenvalue weighted by Crippen LogP contribution is -3.13. The van der Waals surface area contributed by atoms with Gasteiger partial charge in [-0.05, 0) is 30.7 Å². The Balaban J connectivity index is 1.36. The predicted octanol–water partition coefficient (Wildman–Crippen LogP) is 2.72. The number of rotatable bonds is 3. The van der Waals surface area contributed by atoms with Crippen molar-refractivity contribution in [3.63, 3.8) is 0 Å². The van der Waals surface area contributed by atoms with Crippen LogP contribution in [-0.2, 0) is 19.4 Å². The van der Waals surface area contributed by atoms with Crippen LogP contribution in [-0.4, -0.2) is 36.1 Å². The molecule has 3 heterocycles. The fourth-order valence-electron chi connectivity index (χ4n) is 4.59. The standard InChI is InChI=1S/C22H26N4S/c1-16-7-8-18-19(13-16)27-22-20(18)21(23-15-24-22)26-11-9-25(10-12-26)14-17-5-3-2-4-6-17/h2-6,15-16H,7-14H2,1H3/p+1/t16-/m0/s1. The highest BCUT2D eigenvalue weighted by molar-refractivity contribution is 7.19. The van der Waals surface area contributed by atoms with Crippen LogP contribution in [0.5, 0.6) is 0 Å². The molecule has 5 rings (SSSR count). The fourth-order valence-corrected chi connectivity index (χ4v) is 5.94. The Labute approximate surface area is 164 Å². The second kappa shape index (κ2) is 7.21. The Hall–Kier alpha value is -1.98. The van der Waals surface area contributed by atoms with Gasteiger partial charge in [0.05, 0.1) is 31.6 Å². The van der Waals surface area contributed by atoms with E-state index in [-0.39, 0.29) is 0 Å². The minimum absolute atomic E-state index is 0.798. The molecule has 0 bridgehead atoms. The number of nitrogens with zero attached hydrogens (tertiary/aromatic N) is 3. The Morgan fingerprint density at radius 3 is 2.78 bits per heavy atom. The normalized spacial score (nSPS) is 20.8. The number of hydrogen-bond acceptors (Lipinski definition) is 4. The van der Waals surface area contributed by atoms with E-state index in [1.807, 2.05) is 11.3 Å². The molecule has 4 nitrogen and oxygen atoms in total. The lowest BCUT2D eigenvalue weighted by atomic mass is 9.89. The van der Waals surface area contributed by atoms with Gasteiger partial charge < -0.3 is 9.80 Å². The maximum Gasteiger partial charge on any atom is 0.141 e. The van der Waals surface area contributed by atoms with E-state index in [0.29, 0.717) is 0 Å². The van der Waals surface area contributed by atoms with Gasteiger partial charge in [-0.25, -0.2) is 9.97 Å². The molecule has 140 valence electrons. The molecule has 0 radical (unpaired) electrons. The highest BCUT2D eigenvalue weighted by Crippen LogP contribution is 2.40. The van der Waals surface area contributed by atoms with E-state index in [2.05, 4.69) is 47.1 Å². The summed E-state index contributed by atoms with van der Waals surface area (Å²) in [6.45, 7) is 7.99. The Kier molecular flexibility index (Phi) is 4.58. The van der Waals surface area contributed by atoms with Gasteiger partial charge in [0, 0.05) is 10.4 Å². The summed E-state index contributed by atoms with van der Waals surface area (Å²) in [5.74, 6) is 1.98. The zero-order valence-electron chi connectivity index (χ0n) is 15.9. The lowest BCUT2D eigenvalue weighted by Gasteiger charge is -2.33. The van der Waals surface area contributed by atoms with E-state index in [9.17, 15) is 0 Å². The van der Waals surface area contributed by atoms with E-state index >= 15 is 0 Å². The van der Waals surface area contributed by atoms with Crippen LogP contribution in [0.15, 0.2) is 36.7 Å². The summed E-state index contributed by atoms with van der Waals surface area (Å²) in [5, 5.41) is 1.36. The van der Waals surface area contributed by atoms with Crippen molar-refractivity contribution in [3.05, 3.63) is 52.7 Å². The third-order valence-corrected chi connectivity index (χ3v) is 7.30. The molecular weight excluding hydrogens is 352 g/mol. The number of anilines is 1. The van der Waals surface area contributed by atoms with Crippen molar-refractivity contribution in [1.29, 1.82) is 0 Å². The van der Waals surface area contributed by atoms with E-state index in [1.165, 1.54) is 53.9 Å². The number of nitrogens with one attached hydrogen (secondary N) is 1. The quantitative estimate of drug-likeness (QED) is 0.760. The summed E-state index contributed by atoms with van der Waals surface area (Å²) in [4.78, 5) is 16.3. The van der Waals surface area contributed by atoms with Crippen LogP contribution in [0.2, 0.25) is 0 Å². The van der Waals surface area contributed by atoms with Gasteiger partial charge in [0.25, 0.3) is 0 Å². The van der Waals surface area contributed by atoms with Gasteiger partial charge in [0.1, 0.15) is 23.5 Å². The van der Waals surface area contributed by atoms with Crippen LogP contribution in [0.3, 0.4) is 0 Å². The number of piperazine rings is 1. The maximum atomic E-state index is 4.75. The van der Waals surface area contributed by atoms with Crippen LogP contribution in [0, 0.1) is 5.92 Å². The number of benzene rings is 1. The van der Waals surface area contributed by atoms with Crippen LogP contribution in [0.4, 0.5) is 5.82 Å². The highest BCUT2D eigenvalue weighted by Gasteiger charge is 2.27. The molecule has 1 aliphatic carbocycles. The summed E-state index contributed by atoms with van der Waals surface area (Å²) < 4.78 is 0. The minimum Gasteiger partial charge on any atom is -0.345 e. The van der Waals surface area contributed by atoms with E-state index in [1.54, 1.807) is 21.7 Å². The number of aryl methyl sites for hydroxylation is 1. The molecule has 0 unspecified atom stereocenters. The molecule has 1 fully saturated rings. The van der Waals surface area contributed by atoms with Crippen molar-refractivity contribution in [2.45, 2.75) is 32.7 Å². The van der Waals surface area contributed by atoms with Gasteiger partial charge >= 0.3 is 0 Å². The molecule has 3 aromatic rings. The minimum atomic E-state index is 0.798. The van der Waals surface area contributed by atoms with Crippen molar-refractivity contribution in [2.75, 3.05) is 31.1 Å². The molecule has 5 heteroatoms. The summed E-state index contributed by atoms with van der Waals surface area (Å²) in [5.41, 5.74) is 2.98. The van der Waals surface area contributed by atoms with Crippen molar-refractivity contribution >= 4 is 27.4 Å². The van der Waals surface area contributed by atoms with Gasteiger partial charge in [0.15, 0.2) is 0 Å². The van der Waals surface area contributed by atoms with E-state index in [0.717, 1.165) is 25.6 Å². The molecule has 0 amide bonds. The highest BCUT2D eigenvalue weighted by atomic mass is 32.1. The predicted molar refractivity (Wildman–Crippen MR) is 112 cm³/mol. The van der Waals surface area contributed by atoms with Gasteiger partial charge in [-0.1, -0.05) is 37.3 Å². The van der Waals surface area contributed by atoms with Gasteiger partial charge in [-0.3, -0.25) is 0 Å². The second-order valence-corrected chi connectivity index (χ2v) is 9.21. The first-order valence-corrected chi connectivity index (χ1v) is 11.0. The maximum absolute atomic E-state index is 4.75. The van der Waals surface area contributed by atoms with Gasteiger partial charge in [-0.2, -0.15) is 0 Å². The molecule has 1 atom stereocenters. The molecule has 1 N–H and O–H groups in total. The molecule has 0 spiro atoms. The monoisotopic (exact) mass is 379 g/mol. The van der Waals surface area contributed by atoms with Crippen LogP contribution in [0.1, 0.15) is 29.3 Å². The zero-order valence-corrected chi connectivity index (χ0v) is 16.8. The molecule has 0 saturated carbocycles. The van der Waals surface area contributed by atoms with Crippen molar-refractivity contribution in [1.82, 2.24) is 9.97 Å². The first kappa shape index (κ1) is 17.1. The Bertz CT molecular complexity index is 928. The van der Waals surface area contributed by atoms with Crippen LogP contribution >= 0.6 is 11.3 Å². The molecule has 2 aromatic heterocycles. The lowest BCUT2D eigenvalue weighted by molar-refractivity contribution is -0.914. The van der Waals surface area contributed by atoms with Crippen molar-refractivity contribution in [2.24, 2.45) is 5.92 Å². The number of fused-ring (bicyclic) bond motifs is 3. The Morgan fingerprint density at radius 2 is 1.96 bits per heavy atom. The molecule has 1 aromatic carbocycles. The molecule has 27 heavy (non-hydrogen) atoms. The summed E-state index contributed by atoms with van der Waals surface area (Å²) >= 11 is 1.90. The first-order valence-electron chi connectivity index (χ1n) is 10.2. The summed E-state index contributed by atoms with van der Waals surface area (Å²) in [7, 11) is 0. The smallest absolute Gasteiger partial charge is 0.141 e. The molecule has 1 aliphatic heterocycles. The van der Waals surface area contributed by atoms with Crippen molar-refractivity contribution in [3.8, 4) is 0 Å². The third-order valence-electron chi connectivity index (χ3n) is 6.14. The Morgan fingerprint density at radius 1 is 1.15 bits per heavy atom. The summed E-state index contributed by atoms with van der Waals surface area (Å²) in [6.07, 6.45) is 5.47.